The molecular weight excluding hydrogens is 306 g/mol. The number of thioether (sulfide) groups is 1. The molecule has 5 nitrogen and oxygen atoms in total. The number of nitrogens with zero attached hydrogens (tertiary/aromatic N) is 1. The summed E-state index contributed by atoms with van der Waals surface area (Å²) in [6.07, 6.45) is 1.66. The molecule has 1 heterocycles. The predicted molar refractivity (Wildman–Crippen MR) is 69.9 cm³/mol. The second kappa shape index (κ2) is 6.61. The van der Waals surface area contributed by atoms with Crippen molar-refractivity contribution in [3.8, 4) is 0 Å². The topological polar surface area (TPSA) is 71.1 Å². The molecule has 7 heteroatoms. The first-order valence-electron chi connectivity index (χ1n) is 4.83. The van der Waals surface area contributed by atoms with E-state index in [1.807, 2.05) is 6.07 Å². The third-order valence-corrected chi connectivity index (χ3v) is 3.35. The maximum absolute atomic E-state index is 11.6. The van der Waals surface area contributed by atoms with Crippen LogP contribution in [0, 0.1) is 0 Å². The number of nitrogens with one attached hydrogen (secondary N) is 2. The SMILES string of the molecule is CNC(=O)NC(=O)[C@@H](C)Sc1ccc(Br)cn1. The van der Waals surface area contributed by atoms with Crippen molar-refractivity contribution >= 4 is 39.6 Å². The summed E-state index contributed by atoms with van der Waals surface area (Å²) in [6.45, 7) is 1.71. The van der Waals surface area contributed by atoms with Crippen LogP contribution in [0.5, 0.6) is 0 Å². The Labute approximate surface area is 112 Å². The summed E-state index contributed by atoms with van der Waals surface area (Å²) in [4.78, 5) is 26.6. The first-order valence-corrected chi connectivity index (χ1v) is 6.51. The first kappa shape index (κ1) is 14.0. The van der Waals surface area contributed by atoms with Crippen molar-refractivity contribution in [2.75, 3.05) is 7.05 Å². The number of amides is 3. The van der Waals surface area contributed by atoms with E-state index < -0.39 is 6.03 Å². The van der Waals surface area contributed by atoms with Gasteiger partial charge in [0.2, 0.25) is 5.91 Å². The number of imide groups is 1. The van der Waals surface area contributed by atoms with Crippen LogP contribution in [0.1, 0.15) is 6.92 Å². The van der Waals surface area contributed by atoms with E-state index in [4.69, 9.17) is 0 Å². The lowest BCUT2D eigenvalue weighted by Gasteiger charge is -2.10. The Morgan fingerprint density at radius 1 is 1.47 bits per heavy atom. The molecule has 0 aliphatic carbocycles. The predicted octanol–water partition coefficient (Wildman–Crippen LogP) is 1.78. The zero-order valence-electron chi connectivity index (χ0n) is 9.36. The minimum absolute atomic E-state index is 0.348. The van der Waals surface area contributed by atoms with Crippen molar-refractivity contribution < 1.29 is 9.59 Å². The van der Waals surface area contributed by atoms with Gasteiger partial charge >= 0.3 is 6.03 Å². The molecule has 3 amide bonds. The number of hydrogen-bond acceptors (Lipinski definition) is 4. The van der Waals surface area contributed by atoms with E-state index in [0.29, 0.717) is 0 Å². The van der Waals surface area contributed by atoms with Crippen molar-refractivity contribution in [3.63, 3.8) is 0 Å². The van der Waals surface area contributed by atoms with Crippen molar-refractivity contribution in [1.82, 2.24) is 15.6 Å². The third-order valence-electron chi connectivity index (χ3n) is 1.83. The number of pyridine rings is 1. The van der Waals surface area contributed by atoms with Gasteiger partial charge in [-0.15, -0.1) is 0 Å². The Bertz CT molecular complexity index is 411. The van der Waals surface area contributed by atoms with Gasteiger partial charge in [-0.3, -0.25) is 10.1 Å². The van der Waals surface area contributed by atoms with Crippen molar-refractivity contribution in [3.05, 3.63) is 22.8 Å². The summed E-state index contributed by atoms with van der Waals surface area (Å²) < 4.78 is 0.879. The molecular formula is C10H12BrN3O2S. The van der Waals surface area contributed by atoms with Gasteiger partial charge in [0, 0.05) is 17.7 Å². The fourth-order valence-corrected chi connectivity index (χ4v) is 1.97. The quantitative estimate of drug-likeness (QED) is 0.834. The molecule has 1 atom stereocenters. The van der Waals surface area contributed by atoms with Crippen LogP contribution < -0.4 is 10.6 Å². The molecule has 1 rings (SSSR count). The maximum atomic E-state index is 11.6. The maximum Gasteiger partial charge on any atom is 0.321 e. The third kappa shape index (κ3) is 4.74. The highest BCUT2D eigenvalue weighted by molar-refractivity contribution is 9.10. The standard InChI is InChI=1S/C10H12BrN3O2S/c1-6(9(15)14-10(16)12-2)17-8-4-3-7(11)5-13-8/h3-6H,1-2H3,(H2,12,14,15,16)/t6-/m1/s1. The largest absolute Gasteiger partial charge is 0.341 e. The van der Waals surface area contributed by atoms with E-state index in [1.165, 1.54) is 18.8 Å². The van der Waals surface area contributed by atoms with Crippen molar-refractivity contribution in [2.45, 2.75) is 17.2 Å². The number of halogens is 1. The summed E-state index contributed by atoms with van der Waals surface area (Å²) in [6, 6.07) is 3.14. The molecule has 17 heavy (non-hydrogen) atoms. The number of aromatic nitrogens is 1. The fourth-order valence-electron chi connectivity index (χ4n) is 0.943. The minimum atomic E-state index is -0.508. The Morgan fingerprint density at radius 2 is 2.18 bits per heavy atom. The average molecular weight is 318 g/mol. The van der Waals surface area contributed by atoms with Crippen LogP contribution in [0.2, 0.25) is 0 Å². The number of urea groups is 1. The fraction of sp³-hybridized carbons (Fsp3) is 0.300. The van der Waals surface area contributed by atoms with Gasteiger partial charge in [0.1, 0.15) is 0 Å². The molecule has 1 aromatic heterocycles. The Kier molecular flexibility index (Phi) is 5.43. The summed E-state index contributed by atoms with van der Waals surface area (Å²) in [5.41, 5.74) is 0. The average Bonchev–Trinajstić information content (AvgIpc) is 2.31. The van der Waals surface area contributed by atoms with E-state index in [2.05, 4.69) is 31.5 Å². The van der Waals surface area contributed by atoms with Gasteiger partial charge in [-0.1, -0.05) is 11.8 Å². The lowest BCUT2D eigenvalue weighted by atomic mass is 10.4. The van der Waals surface area contributed by atoms with Crippen LogP contribution >= 0.6 is 27.7 Å². The Hall–Kier alpha value is -1.08. The Morgan fingerprint density at radius 3 is 2.71 bits per heavy atom. The lowest BCUT2D eigenvalue weighted by molar-refractivity contribution is -0.119. The molecule has 92 valence electrons. The zero-order chi connectivity index (χ0) is 12.8. The highest BCUT2D eigenvalue weighted by atomic mass is 79.9. The van der Waals surface area contributed by atoms with E-state index in [1.54, 1.807) is 19.2 Å². The van der Waals surface area contributed by atoms with Gasteiger partial charge in [-0.25, -0.2) is 9.78 Å². The summed E-state index contributed by atoms with van der Waals surface area (Å²) in [5.74, 6) is -0.348. The molecule has 0 fully saturated rings. The number of carbonyl (C=O) groups excluding carboxylic acids is 2. The van der Waals surface area contributed by atoms with Gasteiger partial charge in [0.25, 0.3) is 0 Å². The van der Waals surface area contributed by atoms with Crippen molar-refractivity contribution in [1.29, 1.82) is 0 Å². The highest BCUT2D eigenvalue weighted by Gasteiger charge is 2.16. The number of rotatable bonds is 3. The van der Waals surface area contributed by atoms with Crippen molar-refractivity contribution in [2.24, 2.45) is 0 Å². The number of carbonyl (C=O) groups is 2. The van der Waals surface area contributed by atoms with E-state index in [0.717, 1.165) is 9.50 Å². The van der Waals surface area contributed by atoms with Crippen LogP contribution in [0.25, 0.3) is 0 Å². The monoisotopic (exact) mass is 317 g/mol. The smallest absolute Gasteiger partial charge is 0.321 e. The van der Waals surface area contributed by atoms with E-state index >= 15 is 0 Å². The van der Waals surface area contributed by atoms with Gasteiger partial charge < -0.3 is 5.32 Å². The second-order valence-corrected chi connectivity index (χ2v) is 5.42. The van der Waals surface area contributed by atoms with Crippen LogP contribution in [-0.2, 0) is 4.79 Å². The number of hydrogen-bond donors (Lipinski definition) is 2. The zero-order valence-corrected chi connectivity index (χ0v) is 11.8. The van der Waals surface area contributed by atoms with E-state index in [9.17, 15) is 9.59 Å². The second-order valence-electron chi connectivity index (χ2n) is 3.14. The molecule has 0 radical (unpaired) electrons. The normalized spacial score (nSPS) is 11.7. The van der Waals surface area contributed by atoms with E-state index in [-0.39, 0.29) is 11.2 Å². The van der Waals surface area contributed by atoms with Gasteiger partial charge in [0.15, 0.2) is 0 Å². The van der Waals surface area contributed by atoms with Gasteiger partial charge in [-0.2, -0.15) is 0 Å². The first-order chi connectivity index (χ1) is 8.02. The van der Waals surface area contributed by atoms with Crippen LogP contribution in [0.3, 0.4) is 0 Å². The minimum Gasteiger partial charge on any atom is -0.341 e. The molecule has 0 spiro atoms. The summed E-state index contributed by atoms with van der Waals surface area (Å²) in [5, 5.41) is 4.88. The highest BCUT2D eigenvalue weighted by Crippen LogP contribution is 2.22. The van der Waals surface area contributed by atoms with Gasteiger partial charge in [-0.05, 0) is 35.0 Å². The Balaban J connectivity index is 2.54. The lowest BCUT2D eigenvalue weighted by Crippen LogP contribution is -2.41. The molecule has 0 bridgehead atoms. The summed E-state index contributed by atoms with van der Waals surface area (Å²) in [7, 11) is 1.46. The molecule has 0 saturated heterocycles. The molecule has 0 saturated carbocycles. The molecule has 0 aliphatic heterocycles. The van der Waals surface area contributed by atoms with Gasteiger partial charge in [0.05, 0.1) is 10.3 Å². The van der Waals surface area contributed by atoms with Crippen LogP contribution in [0.15, 0.2) is 27.8 Å². The molecule has 1 aromatic rings. The molecule has 0 unspecified atom stereocenters. The molecule has 0 aliphatic rings. The van der Waals surface area contributed by atoms with Crippen LogP contribution in [0.4, 0.5) is 4.79 Å². The van der Waals surface area contributed by atoms with Crippen LogP contribution in [-0.4, -0.2) is 29.2 Å². The molecule has 0 aromatic carbocycles. The molecule has 2 N–H and O–H groups in total. The summed E-state index contributed by atoms with van der Waals surface area (Å²) >= 11 is 4.57.